The fourth-order valence-corrected chi connectivity index (χ4v) is 0.727. The van der Waals surface area contributed by atoms with Gasteiger partial charge in [0.25, 0.3) is 0 Å². The zero-order valence-electron chi connectivity index (χ0n) is 5.43. The third kappa shape index (κ3) is 2.57. The lowest BCUT2D eigenvalue weighted by atomic mass is 10.2. The summed E-state index contributed by atoms with van der Waals surface area (Å²) in [6.07, 6.45) is -3.48. The molecular formula is C5H7ClF3NO. The molecule has 0 radical (unpaired) electrons. The molecule has 1 N–H and O–H groups in total. The first kappa shape index (κ1) is 10.6. The molecule has 1 saturated carbocycles. The highest BCUT2D eigenvalue weighted by Crippen LogP contribution is 2.37. The Kier molecular flexibility index (Phi) is 3.16. The summed E-state index contributed by atoms with van der Waals surface area (Å²) in [5.41, 5.74) is -1.03. The largest absolute Gasteiger partial charge is 0.432 e. The zero-order chi connectivity index (χ0) is 7.78. The highest BCUT2D eigenvalue weighted by atomic mass is 35.5. The Balaban J connectivity index is 0.000001000. The molecule has 0 saturated heterocycles. The normalized spacial score (nSPS) is 19.4. The Morgan fingerprint density at radius 3 is 1.91 bits per heavy atom. The Morgan fingerprint density at radius 1 is 1.36 bits per heavy atom. The molecule has 0 aromatic rings. The summed E-state index contributed by atoms with van der Waals surface area (Å²) < 4.78 is 35.2. The van der Waals surface area contributed by atoms with E-state index in [1.807, 2.05) is 0 Å². The average Bonchev–Trinajstić information content (AvgIpc) is 2.46. The van der Waals surface area contributed by atoms with Crippen molar-refractivity contribution in [2.24, 2.45) is 11.1 Å². The van der Waals surface area contributed by atoms with Gasteiger partial charge in [-0.1, -0.05) is 5.16 Å². The summed E-state index contributed by atoms with van der Waals surface area (Å²) in [5.74, 6) is -0.551. The van der Waals surface area contributed by atoms with Crippen molar-refractivity contribution < 1.29 is 18.4 Å². The summed E-state index contributed by atoms with van der Waals surface area (Å²) in [5, 5.41) is 10.2. The van der Waals surface area contributed by atoms with E-state index in [-0.39, 0.29) is 12.4 Å². The van der Waals surface area contributed by atoms with Crippen LogP contribution in [0.3, 0.4) is 0 Å². The lowest BCUT2D eigenvalue weighted by Crippen LogP contribution is -2.24. The van der Waals surface area contributed by atoms with Crippen LogP contribution < -0.4 is 0 Å². The highest BCUT2D eigenvalue weighted by Gasteiger charge is 2.45. The topological polar surface area (TPSA) is 32.6 Å². The number of oxime groups is 1. The van der Waals surface area contributed by atoms with Gasteiger partial charge in [0.15, 0.2) is 5.71 Å². The van der Waals surface area contributed by atoms with Crippen LogP contribution in [0.1, 0.15) is 12.8 Å². The number of rotatable bonds is 1. The second-order valence-electron chi connectivity index (χ2n) is 2.26. The van der Waals surface area contributed by atoms with Crippen LogP contribution in [0.5, 0.6) is 0 Å². The van der Waals surface area contributed by atoms with Crippen LogP contribution in [0, 0.1) is 5.92 Å². The van der Waals surface area contributed by atoms with Gasteiger partial charge in [0, 0.05) is 5.92 Å². The monoisotopic (exact) mass is 189 g/mol. The molecule has 6 heteroatoms. The fourth-order valence-electron chi connectivity index (χ4n) is 0.727. The van der Waals surface area contributed by atoms with Crippen molar-refractivity contribution in [1.29, 1.82) is 0 Å². The Bertz CT molecular complexity index is 164. The summed E-state index contributed by atoms with van der Waals surface area (Å²) in [6.45, 7) is 0. The van der Waals surface area contributed by atoms with E-state index in [1.54, 1.807) is 0 Å². The van der Waals surface area contributed by atoms with Gasteiger partial charge < -0.3 is 5.21 Å². The molecule has 0 bridgehead atoms. The SMILES string of the molecule is Cl.ON=C(C1CC1)C(F)(F)F. The van der Waals surface area contributed by atoms with E-state index in [1.165, 1.54) is 0 Å². The highest BCUT2D eigenvalue weighted by molar-refractivity contribution is 5.93. The molecule has 2 nitrogen and oxygen atoms in total. The molecule has 0 atom stereocenters. The van der Waals surface area contributed by atoms with Gasteiger partial charge in [0.2, 0.25) is 0 Å². The van der Waals surface area contributed by atoms with Crippen LogP contribution in [0.2, 0.25) is 0 Å². The molecule has 66 valence electrons. The van der Waals surface area contributed by atoms with Crippen molar-refractivity contribution in [3.63, 3.8) is 0 Å². The summed E-state index contributed by atoms with van der Waals surface area (Å²) in [7, 11) is 0. The van der Waals surface area contributed by atoms with Crippen LogP contribution in [-0.4, -0.2) is 17.1 Å². The molecule has 1 fully saturated rings. The third-order valence-corrected chi connectivity index (χ3v) is 1.36. The first-order chi connectivity index (χ1) is 4.55. The maximum absolute atomic E-state index is 11.7. The molecule has 0 unspecified atom stereocenters. The van der Waals surface area contributed by atoms with E-state index >= 15 is 0 Å². The maximum Gasteiger partial charge on any atom is 0.432 e. The van der Waals surface area contributed by atoms with E-state index in [4.69, 9.17) is 5.21 Å². The molecular weight excluding hydrogens is 183 g/mol. The molecule has 0 aromatic heterocycles. The van der Waals surface area contributed by atoms with Crippen LogP contribution in [-0.2, 0) is 0 Å². The Morgan fingerprint density at radius 2 is 1.82 bits per heavy atom. The minimum absolute atomic E-state index is 0. The van der Waals surface area contributed by atoms with E-state index in [0.29, 0.717) is 12.8 Å². The van der Waals surface area contributed by atoms with Crippen molar-refractivity contribution >= 4 is 18.1 Å². The molecule has 0 amide bonds. The third-order valence-electron chi connectivity index (χ3n) is 1.36. The van der Waals surface area contributed by atoms with Gasteiger partial charge in [-0.2, -0.15) is 13.2 Å². The molecule has 0 heterocycles. The molecule has 11 heavy (non-hydrogen) atoms. The fraction of sp³-hybridized carbons (Fsp3) is 0.800. The smallest absolute Gasteiger partial charge is 0.411 e. The second-order valence-corrected chi connectivity index (χ2v) is 2.26. The minimum atomic E-state index is -4.45. The maximum atomic E-state index is 11.7. The number of alkyl halides is 3. The molecule has 0 aliphatic heterocycles. The van der Waals surface area contributed by atoms with Gasteiger partial charge >= 0.3 is 6.18 Å². The minimum Gasteiger partial charge on any atom is -0.411 e. The summed E-state index contributed by atoms with van der Waals surface area (Å²) in [6, 6.07) is 0. The predicted molar refractivity (Wildman–Crippen MR) is 35.2 cm³/mol. The van der Waals surface area contributed by atoms with Gasteiger partial charge in [-0.05, 0) is 12.8 Å². The van der Waals surface area contributed by atoms with Crippen LogP contribution in [0.25, 0.3) is 0 Å². The van der Waals surface area contributed by atoms with Gasteiger partial charge in [0.05, 0.1) is 0 Å². The van der Waals surface area contributed by atoms with Gasteiger partial charge in [-0.25, -0.2) is 0 Å². The van der Waals surface area contributed by atoms with E-state index < -0.39 is 17.8 Å². The van der Waals surface area contributed by atoms with Crippen molar-refractivity contribution in [3.05, 3.63) is 0 Å². The van der Waals surface area contributed by atoms with Crippen molar-refractivity contribution in [2.75, 3.05) is 0 Å². The first-order valence-corrected chi connectivity index (χ1v) is 2.85. The molecule has 1 rings (SSSR count). The van der Waals surface area contributed by atoms with Gasteiger partial charge in [-0.3, -0.25) is 0 Å². The molecule has 0 spiro atoms. The lowest BCUT2D eigenvalue weighted by Gasteiger charge is -2.05. The van der Waals surface area contributed by atoms with E-state index in [0.717, 1.165) is 0 Å². The molecule has 1 aliphatic carbocycles. The summed E-state index contributed by atoms with van der Waals surface area (Å²) in [4.78, 5) is 0. The standard InChI is InChI=1S/C5H6F3NO.ClH/c6-5(7,8)4(9-10)3-1-2-3;/h3,10H,1-2H2;1H. The van der Waals surface area contributed by atoms with Crippen LogP contribution in [0.4, 0.5) is 13.2 Å². The van der Waals surface area contributed by atoms with E-state index in [2.05, 4.69) is 5.16 Å². The van der Waals surface area contributed by atoms with Gasteiger partial charge in [0.1, 0.15) is 0 Å². The number of halogens is 4. The van der Waals surface area contributed by atoms with Crippen LogP contribution >= 0.6 is 12.4 Å². The lowest BCUT2D eigenvalue weighted by molar-refractivity contribution is -0.0634. The van der Waals surface area contributed by atoms with Gasteiger partial charge in [-0.15, -0.1) is 12.4 Å². The quantitative estimate of drug-likeness (QED) is 0.383. The molecule has 0 aromatic carbocycles. The number of hydrogen-bond donors (Lipinski definition) is 1. The zero-order valence-corrected chi connectivity index (χ0v) is 6.24. The van der Waals surface area contributed by atoms with E-state index in [9.17, 15) is 13.2 Å². The first-order valence-electron chi connectivity index (χ1n) is 2.85. The second kappa shape index (κ2) is 3.30. The number of hydrogen-bond acceptors (Lipinski definition) is 2. The average molecular weight is 190 g/mol. The van der Waals surface area contributed by atoms with Crippen LogP contribution in [0.15, 0.2) is 5.16 Å². The van der Waals surface area contributed by atoms with Crippen molar-refractivity contribution in [1.82, 2.24) is 0 Å². The summed E-state index contributed by atoms with van der Waals surface area (Å²) >= 11 is 0. The predicted octanol–water partition coefficient (Wildman–Crippen LogP) is 2.21. The van der Waals surface area contributed by atoms with Crippen molar-refractivity contribution in [3.8, 4) is 0 Å². The Hall–Kier alpha value is -0.450. The van der Waals surface area contributed by atoms with Crippen molar-refractivity contribution in [2.45, 2.75) is 19.0 Å². The number of nitrogens with zero attached hydrogens (tertiary/aromatic N) is 1. The molecule has 1 aliphatic rings. The Labute approximate surface area is 67.5 Å².